The second-order valence-electron chi connectivity index (χ2n) is 10.4. The van der Waals surface area contributed by atoms with Gasteiger partial charge in [-0.1, -0.05) is 5.16 Å². The summed E-state index contributed by atoms with van der Waals surface area (Å²) in [5, 5.41) is 10.7. The molecule has 2 fully saturated rings. The van der Waals surface area contributed by atoms with E-state index in [1.54, 1.807) is 41.9 Å². The zero-order valence-corrected chi connectivity index (χ0v) is 21.1. The summed E-state index contributed by atoms with van der Waals surface area (Å²) in [5.41, 5.74) is -0.546. The van der Waals surface area contributed by atoms with Crippen molar-refractivity contribution in [1.29, 1.82) is 0 Å². The molecule has 0 bridgehead atoms. The van der Waals surface area contributed by atoms with Crippen LogP contribution in [0, 0.1) is 11.2 Å². The van der Waals surface area contributed by atoms with Crippen molar-refractivity contribution in [3.8, 4) is 0 Å². The van der Waals surface area contributed by atoms with E-state index in [0.717, 1.165) is 5.69 Å². The molecule has 1 aromatic carbocycles. The van der Waals surface area contributed by atoms with E-state index in [0.29, 0.717) is 12.0 Å². The van der Waals surface area contributed by atoms with E-state index in [4.69, 9.17) is 9.26 Å². The number of ether oxygens (including phenoxy) is 1. The summed E-state index contributed by atoms with van der Waals surface area (Å²) in [6.45, 7) is 3.77. The highest BCUT2D eigenvalue weighted by atomic mass is 19.1. The smallest absolute Gasteiger partial charge is 0.242 e. The number of nitrogens with zero attached hydrogens (tertiary/aromatic N) is 4. The van der Waals surface area contributed by atoms with Gasteiger partial charge < -0.3 is 14.2 Å². The van der Waals surface area contributed by atoms with Crippen LogP contribution in [0.25, 0.3) is 11.0 Å². The number of rotatable bonds is 4. The van der Waals surface area contributed by atoms with E-state index < -0.39 is 47.4 Å². The second kappa shape index (κ2) is 8.55. The van der Waals surface area contributed by atoms with Gasteiger partial charge in [-0.2, -0.15) is 5.10 Å². The molecule has 12 heteroatoms. The average Bonchev–Trinajstić information content (AvgIpc) is 3.46. The Balaban J connectivity index is 1.46. The molecule has 1 spiro atoms. The Morgan fingerprint density at radius 2 is 2.08 bits per heavy atom. The standard InChI is InChI=1S/C26H26FN5O6/c1-12-11-32-22-14(10-26(24(32)13(2)37-12)18(34)9-19(35)28-25(26)36)8-16-21(30-38-23(16)20(22)27)17(33)5-4-15-6-7-31(3)29-15/h6-8,12-13,24H,4-5,9-11H2,1-3H3,(H,28,35,36)/t12-,13+,24-,26?/m1/s1. The molecule has 6 rings (SSSR count). The van der Waals surface area contributed by atoms with Crippen molar-refractivity contribution in [3.63, 3.8) is 0 Å². The Labute approximate surface area is 216 Å². The molecule has 4 atom stereocenters. The maximum atomic E-state index is 16.1. The zero-order chi connectivity index (χ0) is 26.9. The second-order valence-corrected chi connectivity index (χ2v) is 10.4. The predicted molar refractivity (Wildman–Crippen MR) is 130 cm³/mol. The number of hydrogen-bond donors (Lipinski definition) is 1. The number of aromatic nitrogens is 3. The Bertz CT molecular complexity index is 1510. The minimum atomic E-state index is -1.65. The predicted octanol–water partition coefficient (Wildman–Crippen LogP) is 1.66. The first-order valence-corrected chi connectivity index (χ1v) is 12.5. The van der Waals surface area contributed by atoms with Crippen LogP contribution in [0.2, 0.25) is 0 Å². The van der Waals surface area contributed by atoms with Crippen LogP contribution in [0.5, 0.6) is 0 Å². The maximum absolute atomic E-state index is 16.1. The molecule has 2 amide bonds. The molecule has 1 unspecified atom stereocenters. The van der Waals surface area contributed by atoms with E-state index in [1.165, 1.54) is 0 Å². The van der Waals surface area contributed by atoms with Gasteiger partial charge >= 0.3 is 0 Å². The topological polar surface area (TPSA) is 137 Å². The van der Waals surface area contributed by atoms with Crippen molar-refractivity contribution in [2.75, 3.05) is 11.4 Å². The van der Waals surface area contributed by atoms with Crippen LogP contribution in [0.15, 0.2) is 22.9 Å². The molecule has 3 aliphatic heterocycles. The lowest BCUT2D eigenvalue weighted by Gasteiger charge is -2.55. The lowest BCUT2D eigenvalue weighted by molar-refractivity contribution is -0.158. The van der Waals surface area contributed by atoms with Crippen LogP contribution in [-0.2, 0) is 39.0 Å². The number of benzene rings is 1. The van der Waals surface area contributed by atoms with Gasteiger partial charge in [-0.05, 0) is 44.4 Å². The SMILES string of the molecule is C[C@@H]1CN2c3c(cc4c(C(=O)CCc5ccn(C)n5)noc4c3F)CC3(C(=O)CC(=O)NC3=O)[C@H]2[C@H](C)O1. The highest BCUT2D eigenvalue weighted by molar-refractivity contribution is 6.22. The van der Waals surface area contributed by atoms with Crippen molar-refractivity contribution in [1.82, 2.24) is 20.3 Å². The van der Waals surface area contributed by atoms with E-state index in [9.17, 15) is 19.2 Å². The lowest BCUT2D eigenvalue weighted by Crippen LogP contribution is -2.72. The average molecular weight is 524 g/mol. The van der Waals surface area contributed by atoms with Gasteiger partial charge in [0, 0.05) is 26.2 Å². The minimum Gasteiger partial charge on any atom is -0.372 e. The number of carbonyl (C=O) groups excluding carboxylic acids is 4. The van der Waals surface area contributed by atoms with Crippen LogP contribution in [-0.4, -0.2) is 63.1 Å². The summed E-state index contributed by atoms with van der Waals surface area (Å²) in [6.07, 6.45) is 0.708. The third-order valence-corrected chi connectivity index (χ3v) is 7.82. The number of halogens is 1. The van der Waals surface area contributed by atoms with Crippen molar-refractivity contribution in [3.05, 3.63) is 41.1 Å². The molecular weight excluding hydrogens is 497 g/mol. The molecule has 5 heterocycles. The third kappa shape index (κ3) is 3.50. The number of imide groups is 1. The van der Waals surface area contributed by atoms with E-state index in [-0.39, 0.29) is 53.6 Å². The van der Waals surface area contributed by atoms with Gasteiger partial charge in [0.2, 0.25) is 17.4 Å². The fraction of sp³-hybridized carbons (Fsp3) is 0.462. The normalized spacial score (nSPS) is 27.0. The summed E-state index contributed by atoms with van der Waals surface area (Å²) in [6, 6.07) is 2.56. The van der Waals surface area contributed by atoms with Crippen LogP contribution in [0.1, 0.15) is 48.4 Å². The van der Waals surface area contributed by atoms with Crippen LogP contribution < -0.4 is 10.2 Å². The van der Waals surface area contributed by atoms with Crippen LogP contribution in [0.3, 0.4) is 0 Å². The number of ketones is 2. The number of anilines is 1. The summed E-state index contributed by atoms with van der Waals surface area (Å²) >= 11 is 0. The minimum absolute atomic E-state index is 0.0212. The van der Waals surface area contributed by atoms with Gasteiger partial charge in [-0.15, -0.1) is 0 Å². The largest absolute Gasteiger partial charge is 0.372 e. The highest BCUT2D eigenvalue weighted by Gasteiger charge is 2.62. The maximum Gasteiger partial charge on any atom is 0.242 e. The van der Waals surface area contributed by atoms with Gasteiger partial charge in [0.15, 0.2) is 23.1 Å². The molecule has 198 valence electrons. The Morgan fingerprint density at radius 1 is 1.29 bits per heavy atom. The summed E-state index contributed by atoms with van der Waals surface area (Å²) in [5.74, 6) is -2.98. The first kappa shape index (κ1) is 24.4. The summed E-state index contributed by atoms with van der Waals surface area (Å²) < 4.78 is 29.1. The highest BCUT2D eigenvalue weighted by Crippen LogP contribution is 2.50. The third-order valence-electron chi connectivity index (χ3n) is 7.82. The van der Waals surface area contributed by atoms with Gasteiger partial charge in [0.1, 0.15) is 5.41 Å². The van der Waals surface area contributed by atoms with Crippen LogP contribution in [0.4, 0.5) is 10.1 Å². The van der Waals surface area contributed by atoms with Gasteiger partial charge in [0.05, 0.1) is 41.4 Å². The number of hydrogen-bond acceptors (Lipinski definition) is 9. The number of morpholine rings is 1. The van der Waals surface area contributed by atoms with E-state index >= 15 is 4.39 Å². The molecular formula is C26H26FN5O6. The van der Waals surface area contributed by atoms with Crippen molar-refractivity contribution >= 4 is 40.0 Å². The zero-order valence-electron chi connectivity index (χ0n) is 21.1. The van der Waals surface area contributed by atoms with Gasteiger partial charge in [-0.3, -0.25) is 29.2 Å². The van der Waals surface area contributed by atoms with Crippen molar-refractivity contribution < 1.29 is 32.8 Å². The number of aryl methyl sites for hydroxylation is 2. The number of Topliss-reactive ketones (excluding diaryl/α,β-unsaturated/α-hetero) is 2. The fourth-order valence-corrected chi connectivity index (χ4v) is 6.30. The molecule has 0 saturated carbocycles. The van der Waals surface area contributed by atoms with Gasteiger partial charge in [-0.25, -0.2) is 4.39 Å². The summed E-state index contributed by atoms with van der Waals surface area (Å²) in [4.78, 5) is 53.5. The molecule has 0 aliphatic carbocycles. The molecule has 38 heavy (non-hydrogen) atoms. The van der Waals surface area contributed by atoms with E-state index in [1.807, 2.05) is 6.92 Å². The number of nitrogens with one attached hydrogen (secondary N) is 1. The Kier molecular flexibility index (Phi) is 5.49. The molecule has 3 aromatic rings. The number of fused-ring (bicyclic) bond motifs is 5. The molecule has 2 saturated heterocycles. The Morgan fingerprint density at radius 3 is 2.79 bits per heavy atom. The van der Waals surface area contributed by atoms with Crippen LogP contribution >= 0.6 is 0 Å². The first-order chi connectivity index (χ1) is 18.1. The first-order valence-electron chi connectivity index (χ1n) is 12.5. The van der Waals surface area contributed by atoms with Crippen molar-refractivity contribution in [2.45, 2.75) is 57.8 Å². The van der Waals surface area contributed by atoms with E-state index in [2.05, 4.69) is 15.6 Å². The number of piperidine rings is 1. The monoisotopic (exact) mass is 523 g/mol. The molecule has 3 aliphatic rings. The molecule has 1 N–H and O–H groups in total. The lowest BCUT2D eigenvalue weighted by atomic mass is 9.63. The summed E-state index contributed by atoms with van der Waals surface area (Å²) in [7, 11) is 1.78. The van der Waals surface area contributed by atoms with Crippen molar-refractivity contribution in [2.24, 2.45) is 12.5 Å². The Hall–Kier alpha value is -3.93. The number of carbonyl (C=O) groups is 4. The molecule has 11 nitrogen and oxygen atoms in total. The van der Waals surface area contributed by atoms with Gasteiger partial charge in [0.25, 0.3) is 0 Å². The molecule has 2 aromatic heterocycles. The quantitative estimate of drug-likeness (QED) is 0.307. The fourth-order valence-electron chi connectivity index (χ4n) is 6.30. The number of amides is 2. The molecule has 0 radical (unpaired) electrons.